The molecule has 1 amide bonds. The molecule has 138 valence electrons. The van der Waals surface area contributed by atoms with Crippen molar-refractivity contribution < 1.29 is 9.53 Å². The summed E-state index contributed by atoms with van der Waals surface area (Å²) in [6.45, 7) is 0. The topological polar surface area (TPSA) is 53.9 Å². The molecule has 0 aliphatic carbocycles. The molecule has 0 radical (unpaired) electrons. The van der Waals surface area contributed by atoms with Crippen molar-refractivity contribution in [2.45, 2.75) is 0 Å². The van der Waals surface area contributed by atoms with Crippen molar-refractivity contribution >= 4 is 23.5 Å². The second kappa shape index (κ2) is 7.80. The van der Waals surface area contributed by atoms with Gasteiger partial charge in [-0.05, 0) is 24.3 Å². The van der Waals surface area contributed by atoms with Crippen LogP contribution >= 0.6 is 0 Å². The number of amidine groups is 1. The molecule has 1 heterocycles. The van der Waals surface area contributed by atoms with E-state index in [-0.39, 0.29) is 5.91 Å². The van der Waals surface area contributed by atoms with Crippen molar-refractivity contribution in [3.8, 4) is 5.75 Å². The van der Waals surface area contributed by atoms with Gasteiger partial charge in [-0.1, -0.05) is 66.7 Å². The molecule has 0 atom stereocenters. The van der Waals surface area contributed by atoms with E-state index in [9.17, 15) is 4.79 Å². The fraction of sp³-hybridized carbons (Fsp3) is 0.0435. The minimum absolute atomic E-state index is 0.228. The number of methoxy groups -OCH3 is 1. The van der Waals surface area contributed by atoms with Gasteiger partial charge in [0.05, 0.1) is 12.8 Å². The van der Waals surface area contributed by atoms with Crippen LogP contribution in [0.25, 0.3) is 6.08 Å². The largest absolute Gasteiger partial charge is 0.496 e. The van der Waals surface area contributed by atoms with E-state index in [4.69, 9.17) is 4.74 Å². The molecule has 1 aliphatic rings. The molecule has 0 aromatic heterocycles. The van der Waals surface area contributed by atoms with Gasteiger partial charge in [0.25, 0.3) is 5.91 Å². The van der Waals surface area contributed by atoms with E-state index in [0.717, 1.165) is 16.8 Å². The Labute approximate surface area is 163 Å². The number of ether oxygens (including phenoxy) is 1. The van der Waals surface area contributed by atoms with Gasteiger partial charge in [-0.25, -0.2) is 4.99 Å². The number of aliphatic imine (C=N–C) groups is 1. The molecule has 1 N–H and O–H groups in total. The van der Waals surface area contributed by atoms with Gasteiger partial charge in [-0.3, -0.25) is 10.2 Å². The highest BCUT2D eigenvalue weighted by Gasteiger charge is 2.31. The van der Waals surface area contributed by atoms with Crippen LogP contribution in [0.2, 0.25) is 0 Å². The number of nitrogens with one attached hydrogen (secondary N) is 1. The number of para-hydroxylation sites is 2. The average Bonchev–Trinajstić information content (AvgIpc) is 3.05. The van der Waals surface area contributed by atoms with Gasteiger partial charge in [0.15, 0.2) is 5.84 Å². The maximum absolute atomic E-state index is 13.1. The Bertz CT molecular complexity index is 1040. The van der Waals surface area contributed by atoms with Crippen LogP contribution in [0.1, 0.15) is 11.1 Å². The Morgan fingerprint density at radius 1 is 0.893 bits per heavy atom. The number of carbonyl (C=O) groups excluding carboxylic acids is 1. The van der Waals surface area contributed by atoms with Gasteiger partial charge in [0.1, 0.15) is 11.4 Å². The van der Waals surface area contributed by atoms with Crippen LogP contribution in [0.15, 0.2) is 95.6 Å². The minimum atomic E-state index is -0.228. The lowest BCUT2D eigenvalue weighted by Crippen LogP contribution is -2.37. The standard InChI is InChI=1S/C23H19N3O2/c1-28-21-15-9-8-12-18(21)16-20-23(27)26(25-19-13-6-3-7-14-19)22(24-20)17-10-4-2-5-11-17/h2-16,25H,1H3/b20-16+. The molecule has 0 fully saturated rings. The number of anilines is 1. The van der Waals surface area contributed by atoms with Crippen molar-refractivity contribution in [1.29, 1.82) is 0 Å². The highest BCUT2D eigenvalue weighted by molar-refractivity contribution is 6.20. The fourth-order valence-corrected chi connectivity index (χ4v) is 2.98. The van der Waals surface area contributed by atoms with E-state index < -0.39 is 0 Å². The number of carbonyl (C=O) groups is 1. The maximum atomic E-state index is 13.1. The van der Waals surface area contributed by atoms with Crippen LogP contribution in [0.3, 0.4) is 0 Å². The fourth-order valence-electron chi connectivity index (χ4n) is 2.98. The number of hydrazine groups is 1. The molecule has 0 unspecified atom stereocenters. The summed E-state index contributed by atoms with van der Waals surface area (Å²) in [7, 11) is 1.61. The Balaban J connectivity index is 1.75. The van der Waals surface area contributed by atoms with E-state index in [0.29, 0.717) is 17.3 Å². The van der Waals surface area contributed by atoms with E-state index in [1.807, 2.05) is 84.9 Å². The molecule has 5 heteroatoms. The number of benzene rings is 3. The average molecular weight is 369 g/mol. The summed E-state index contributed by atoms with van der Waals surface area (Å²) in [5.74, 6) is 1.01. The molecule has 0 spiro atoms. The summed E-state index contributed by atoms with van der Waals surface area (Å²) in [4.78, 5) is 17.8. The third kappa shape index (κ3) is 3.50. The van der Waals surface area contributed by atoms with E-state index in [1.165, 1.54) is 5.01 Å². The number of hydrogen-bond donors (Lipinski definition) is 1. The Hall–Kier alpha value is -3.86. The molecule has 28 heavy (non-hydrogen) atoms. The quantitative estimate of drug-likeness (QED) is 0.680. The van der Waals surface area contributed by atoms with Crippen molar-refractivity contribution in [2.75, 3.05) is 12.5 Å². The first-order valence-electron chi connectivity index (χ1n) is 8.91. The van der Waals surface area contributed by atoms with Gasteiger partial charge in [-0.2, -0.15) is 5.01 Å². The molecular weight excluding hydrogens is 350 g/mol. The second-order valence-electron chi connectivity index (χ2n) is 6.19. The molecule has 0 saturated carbocycles. The zero-order valence-corrected chi connectivity index (χ0v) is 15.4. The molecule has 3 aromatic carbocycles. The van der Waals surface area contributed by atoms with Gasteiger partial charge in [0, 0.05) is 11.1 Å². The van der Waals surface area contributed by atoms with Crippen molar-refractivity contribution in [1.82, 2.24) is 5.01 Å². The van der Waals surface area contributed by atoms with Crippen molar-refractivity contribution in [3.63, 3.8) is 0 Å². The first-order valence-corrected chi connectivity index (χ1v) is 8.91. The van der Waals surface area contributed by atoms with Crippen LogP contribution in [-0.2, 0) is 4.79 Å². The SMILES string of the molecule is COc1ccccc1/C=C1/N=C(c2ccccc2)N(Nc2ccccc2)C1=O. The third-order valence-electron chi connectivity index (χ3n) is 4.34. The summed E-state index contributed by atoms with van der Waals surface area (Å²) in [6, 6.07) is 26.7. The monoisotopic (exact) mass is 369 g/mol. The molecule has 0 bridgehead atoms. The smallest absolute Gasteiger partial charge is 0.297 e. The second-order valence-corrected chi connectivity index (χ2v) is 6.19. The summed E-state index contributed by atoms with van der Waals surface area (Å²) >= 11 is 0. The van der Waals surface area contributed by atoms with Gasteiger partial charge >= 0.3 is 0 Å². The van der Waals surface area contributed by atoms with Gasteiger partial charge in [-0.15, -0.1) is 0 Å². The minimum Gasteiger partial charge on any atom is -0.496 e. The molecule has 1 aliphatic heterocycles. The number of nitrogens with zero attached hydrogens (tertiary/aromatic N) is 2. The van der Waals surface area contributed by atoms with Gasteiger partial charge < -0.3 is 4.74 Å². The van der Waals surface area contributed by atoms with Crippen LogP contribution < -0.4 is 10.2 Å². The predicted octanol–water partition coefficient (Wildman–Crippen LogP) is 4.35. The number of amides is 1. The summed E-state index contributed by atoms with van der Waals surface area (Å²) in [5.41, 5.74) is 5.95. The Morgan fingerprint density at radius 2 is 1.54 bits per heavy atom. The van der Waals surface area contributed by atoms with Crippen molar-refractivity contribution in [2.24, 2.45) is 4.99 Å². The maximum Gasteiger partial charge on any atom is 0.297 e. The lowest BCUT2D eigenvalue weighted by Gasteiger charge is -2.20. The predicted molar refractivity (Wildman–Crippen MR) is 111 cm³/mol. The molecular formula is C23H19N3O2. The molecule has 3 aromatic rings. The first-order chi connectivity index (χ1) is 13.8. The summed E-state index contributed by atoms with van der Waals surface area (Å²) in [5, 5.41) is 1.48. The highest BCUT2D eigenvalue weighted by Crippen LogP contribution is 2.26. The zero-order chi connectivity index (χ0) is 19.3. The van der Waals surface area contributed by atoms with Crippen LogP contribution in [-0.4, -0.2) is 23.9 Å². The lowest BCUT2D eigenvalue weighted by molar-refractivity contribution is -0.121. The molecule has 0 saturated heterocycles. The highest BCUT2D eigenvalue weighted by atomic mass is 16.5. The Morgan fingerprint density at radius 3 is 2.25 bits per heavy atom. The van der Waals surface area contributed by atoms with Crippen LogP contribution in [0, 0.1) is 0 Å². The number of rotatable bonds is 5. The van der Waals surface area contributed by atoms with Crippen LogP contribution in [0.5, 0.6) is 5.75 Å². The van der Waals surface area contributed by atoms with E-state index in [1.54, 1.807) is 13.2 Å². The molecule has 5 nitrogen and oxygen atoms in total. The third-order valence-corrected chi connectivity index (χ3v) is 4.34. The lowest BCUT2D eigenvalue weighted by atomic mass is 10.1. The summed E-state index contributed by atoms with van der Waals surface area (Å²) in [6.07, 6.45) is 1.75. The van der Waals surface area contributed by atoms with E-state index >= 15 is 0 Å². The Kier molecular flexibility index (Phi) is 4.89. The van der Waals surface area contributed by atoms with E-state index in [2.05, 4.69) is 10.4 Å². The van der Waals surface area contributed by atoms with Crippen LogP contribution in [0.4, 0.5) is 5.69 Å². The first kappa shape index (κ1) is 17.5. The zero-order valence-electron chi connectivity index (χ0n) is 15.4. The van der Waals surface area contributed by atoms with Gasteiger partial charge in [0.2, 0.25) is 0 Å². The number of hydrogen-bond acceptors (Lipinski definition) is 4. The normalized spacial score (nSPS) is 14.9. The molecule has 4 rings (SSSR count). The van der Waals surface area contributed by atoms with Crippen molar-refractivity contribution in [3.05, 3.63) is 102 Å². The summed E-state index contributed by atoms with van der Waals surface area (Å²) < 4.78 is 5.39.